The lowest BCUT2D eigenvalue weighted by atomic mass is 9.68. The second-order valence-corrected chi connectivity index (χ2v) is 11.3. The molecule has 6 rings (SSSR count). The van der Waals surface area contributed by atoms with E-state index >= 15 is 0 Å². The number of rotatable bonds is 4. The number of aromatic hydroxyl groups is 1. The van der Waals surface area contributed by atoms with Gasteiger partial charge in [0.1, 0.15) is 6.54 Å². The van der Waals surface area contributed by atoms with Gasteiger partial charge in [0.25, 0.3) is 0 Å². The molecule has 2 aliphatic carbocycles. The largest absolute Gasteiger partial charge is 0.504 e. The Balaban J connectivity index is 1.46. The van der Waals surface area contributed by atoms with Crippen molar-refractivity contribution in [2.24, 2.45) is 29.6 Å². The molecule has 0 spiro atoms. The standard InChI is InChI=1S/C22H20N2O7S2/c1-31-11-4-7(2-3-10(11)25)13-14-8-5-9(17(14)32-19-18(13)33-22(30)23-19)16-15(8)20(28)24(21(16)29)6-12(26)27/h2-4,8-9,13-17,25H,5-6H2,1H3,(H,23,30)(H,26,27)/t8-,9-,13+,14-,15+,16+,17-/m1/s1. The normalized spacial score (nSPS) is 33.7. The number of H-pyrrole nitrogens is 1. The van der Waals surface area contributed by atoms with Gasteiger partial charge in [0.2, 0.25) is 11.8 Å². The van der Waals surface area contributed by atoms with Crippen molar-refractivity contribution in [3.05, 3.63) is 38.3 Å². The number of benzene rings is 1. The molecule has 3 heterocycles. The minimum Gasteiger partial charge on any atom is -0.504 e. The summed E-state index contributed by atoms with van der Waals surface area (Å²) in [6.45, 7) is -0.605. The van der Waals surface area contributed by atoms with E-state index in [4.69, 9.17) is 4.74 Å². The molecule has 0 unspecified atom stereocenters. The Morgan fingerprint density at radius 2 is 1.94 bits per heavy atom. The van der Waals surface area contributed by atoms with Gasteiger partial charge in [-0.05, 0) is 41.9 Å². The molecule has 2 aliphatic heterocycles. The average molecular weight is 489 g/mol. The van der Waals surface area contributed by atoms with Crippen molar-refractivity contribution in [1.29, 1.82) is 0 Å². The third-order valence-corrected chi connectivity index (χ3v) is 10.3. The summed E-state index contributed by atoms with van der Waals surface area (Å²) >= 11 is 2.71. The molecule has 33 heavy (non-hydrogen) atoms. The number of methoxy groups -OCH3 is 1. The third-order valence-electron chi connectivity index (χ3n) is 7.67. The Kier molecular flexibility index (Phi) is 4.47. The van der Waals surface area contributed by atoms with Crippen molar-refractivity contribution in [3.63, 3.8) is 0 Å². The Bertz CT molecular complexity index is 1270. The highest BCUT2D eigenvalue weighted by Gasteiger charge is 2.69. The van der Waals surface area contributed by atoms with Crippen LogP contribution in [0.2, 0.25) is 0 Å². The third kappa shape index (κ3) is 2.78. The summed E-state index contributed by atoms with van der Waals surface area (Å²) in [5, 5.41) is 20.1. The maximum atomic E-state index is 13.2. The van der Waals surface area contributed by atoms with Crippen LogP contribution < -0.4 is 9.61 Å². The van der Waals surface area contributed by atoms with E-state index in [-0.39, 0.29) is 45.5 Å². The van der Waals surface area contributed by atoms with Crippen LogP contribution in [-0.4, -0.2) is 56.8 Å². The van der Waals surface area contributed by atoms with Gasteiger partial charge in [-0.25, -0.2) is 0 Å². The van der Waals surface area contributed by atoms with Crippen LogP contribution in [0.1, 0.15) is 22.8 Å². The predicted octanol–water partition coefficient (Wildman–Crippen LogP) is 1.71. The SMILES string of the molecule is COc1cc([C@@H]2c3sc(=O)[nH]c3S[C@@H]3[C@@H]4C[C@@H]([C@@H]5C(=O)N(CC(=O)O)C(=O)[C@@H]45)[C@H]23)ccc1O. The van der Waals surface area contributed by atoms with Crippen molar-refractivity contribution < 1.29 is 29.3 Å². The topological polar surface area (TPSA) is 137 Å². The van der Waals surface area contributed by atoms with Gasteiger partial charge in [0.15, 0.2) is 11.5 Å². The van der Waals surface area contributed by atoms with Gasteiger partial charge in [0, 0.05) is 16.0 Å². The van der Waals surface area contributed by atoms with Crippen LogP contribution in [0.4, 0.5) is 0 Å². The molecule has 2 amide bonds. The van der Waals surface area contributed by atoms with Crippen LogP contribution >= 0.6 is 23.1 Å². The van der Waals surface area contributed by atoms with Gasteiger partial charge in [-0.3, -0.25) is 24.1 Å². The maximum absolute atomic E-state index is 13.2. The predicted molar refractivity (Wildman–Crippen MR) is 118 cm³/mol. The highest BCUT2D eigenvalue weighted by molar-refractivity contribution is 8.00. The lowest BCUT2D eigenvalue weighted by Gasteiger charge is -2.43. The van der Waals surface area contributed by atoms with Gasteiger partial charge in [-0.1, -0.05) is 17.4 Å². The number of phenols is 1. The highest BCUT2D eigenvalue weighted by Crippen LogP contribution is 2.68. The fourth-order valence-corrected chi connectivity index (χ4v) is 9.52. The average Bonchev–Trinajstić information content (AvgIpc) is 3.49. The number of phenolic OH excluding ortho intramolecular Hbond substituents is 1. The van der Waals surface area contributed by atoms with E-state index in [0.717, 1.165) is 38.1 Å². The smallest absolute Gasteiger partial charge is 0.323 e. The number of ether oxygens (including phenoxy) is 1. The van der Waals surface area contributed by atoms with Crippen LogP contribution in [0.15, 0.2) is 28.0 Å². The maximum Gasteiger partial charge on any atom is 0.323 e. The summed E-state index contributed by atoms with van der Waals surface area (Å²) in [6, 6.07) is 5.14. The van der Waals surface area contributed by atoms with E-state index in [9.17, 15) is 29.4 Å². The molecule has 1 aromatic heterocycles. The number of nitrogens with zero attached hydrogens (tertiary/aromatic N) is 1. The van der Waals surface area contributed by atoms with Crippen molar-refractivity contribution in [1.82, 2.24) is 9.88 Å². The summed E-state index contributed by atoms with van der Waals surface area (Å²) in [5.41, 5.74) is 0.875. The molecule has 2 bridgehead atoms. The summed E-state index contributed by atoms with van der Waals surface area (Å²) < 4.78 is 5.31. The first-order valence-electron chi connectivity index (χ1n) is 10.6. The molecule has 3 fully saturated rings. The van der Waals surface area contributed by atoms with Crippen LogP contribution in [0.5, 0.6) is 11.5 Å². The Labute approximate surface area is 195 Å². The number of carboxylic acids is 1. The van der Waals surface area contributed by atoms with Gasteiger partial charge < -0.3 is 19.9 Å². The number of thiazole rings is 1. The van der Waals surface area contributed by atoms with Crippen molar-refractivity contribution in [2.75, 3.05) is 13.7 Å². The van der Waals surface area contributed by atoms with Crippen LogP contribution in [0.3, 0.4) is 0 Å². The molecule has 9 nitrogen and oxygen atoms in total. The molecule has 2 aromatic rings. The lowest BCUT2D eigenvalue weighted by Crippen LogP contribution is -2.42. The first kappa shape index (κ1) is 20.8. The number of thioether (sulfide) groups is 1. The zero-order valence-electron chi connectivity index (χ0n) is 17.4. The van der Waals surface area contributed by atoms with E-state index in [1.165, 1.54) is 7.11 Å². The van der Waals surface area contributed by atoms with Crippen LogP contribution in [0, 0.1) is 29.6 Å². The van der Waals surface area contributed by atoms with Crippen molar-refractivity contribution in [2.45, 2.75) is 22.6 Å². The van der Waals surface area contributed by atoms with Crippen molar-refractivity contribution >= 4 is 40.9 Å². The van der Waals surface area contributed by atoms with Crippen LogP contribution in [-0.2, 0) is 14.4 Å². The van der Waals surface area contributed by atoms with Gasteiger partial charge in [0.05, 0.1) is 24.0 Å². The Hall–Kier alpha value is -2.79. The van der Waals surface area contributed by atoms with Gasteiger partial charge >= 0.3 is 10.8 Å². The number of carboxylic acid groups (broad SMARTS) is 1. The van der Waals surface area contributed by atoms with Crippen LogP contribution in [0.25, 0.3) is 0 Å². The summed E-state index contributed by atoms with van der Waals surface area (Å²) in [4.78, 5) is 54.3. The number of fused-ring (bicyclic) bond motifs is 9. The molecule has 1 aromatic carbocycles. The molecule has 11 heteroatoms. The number of nitrogens with one attached hydrogen (secondary N) is 1. The minimum atomic E-state index is -1.20. The second kappa shape index (κ2) is 7.10. The number of carbonyl (C=O) groups is 3. The van der Waals surface area contributed by atoms with Gasteiger partial charge in [-0.2, -0.15) is 0 Å². The monoisotopic (exact) mass is 488 g/mol. The number of carbonyl (C=O) groups excluding carboxylic acids is 2. The van der Waals surface area contributed by atoms with E-state index in [0.29, 0.717) is 5.75 Å². The fraction of sp³-hybridized carbons (Fsp3) is 0.455. The molecule has 3 N–H and O–H groups in total. The van der Waals surface area contributed by atoms with E-state index in [2.05, 4.69) is 4.98 Å². The fourth-order valence-electron chi connectivity index (χ4n) is 6.63. The summed E-state index contributed by atoms with van der Waals surface area (Å²) in [6.07, 6.45) is 0.723. The summed E-state index contributed by atoms with van der Waals surface area (Å²) in [5.74, 6) is -3.03. The number of amides is 2. The zero-order chi connectivity index (χ0) is 23.2. The number of aromatic amines is 1. The van der Waals surface area contributed by atoms with E-state index < -0.39 is 30.3 Å². The Morgan fingerprint density at radius 3 is 2.64 bits per heavy atom. The molecule has 172 valence electrons. The minimum absolute atomic E-state index is 0.00372. The summed E-state index contributed by atoms with van der Waals surface area (Å²) in [7, 11) is 1.47. The van der Waals surface area contributed by atoms with E-state index in [1.807, 2.05) is 6.07 Å². The first-order chi connectivity index (χ1) is 15.8. The molecular weight excluding hydrogens is 468 g/mol. The number of likely N-dealkylation sites (tertiary alicyclic amines) is 1. The second-order valence-electron chi connectivity index (χ2n) is 9.05. The molecule has 1 saturated heterocycles. The van der Waals surface area contributed by atoms with E-state index in [1.54, 1.807) is 23.9 Å². The zero-order valence-corrected chi connectivity index (χ0v) is 19.0. The quantitative estimate of drug-likeness (QED) is 0.553. The molecular formula is C22H20N2O7S2. The lowest BCUT2D eigenvalue weighted by molar-refractivity contribution is -0.149. The number of imide groups is 1. The molecule has 7 atom stereocenters. The first-order valence-corrected chi connectivity index (χ1v) is 12.3. The van der Waals surface area contributed by atoms with Gasteiger partial charge in [-0.15, -0.1) is 11.8 Å². The molecule has 2 saturated carbocycles. The highest BCUT2D eigenvalue weighted by atomic mass is 32.2. The number of aliphatic carboxylic acids is 1. The molecule has 4 aliphatic rings. The van der Waals surface area contributed by atoms with Crippen molar-refractivity contribution in [3.8, 4) is 11.5 Å². The number of hydrogen-bond acceptors (Lipinski definition) is 8. The molecule has 0 radical (unpaired) electrons. The number of aromatic nitrogens is 1. The Morgan fingerprint density at radius 1 is 1.21 bits per heavy atom. The number of hydrogen-bond donors (Lipinski definition) is 3.